The Hall–Kier alpha value is -1.80. The molecule has 0 unspecified atom stereocenters. The molecule has 0 atom stereocenters. The van der Waals surface area contributed by atoms with Gasteiger partial charge in [-0.25, -0.2) is 13.1 Å². The van der Waals surface area contributed by atoms with Crippen molar-refractivity contribution in [1.29, 1.82) is 0 Å². The quantitative estimate of drug-likeness (QED) is 0.507. The standard InChI is InChI=1S/C11H17N3O4S/c1-3-18-11(15)7-14-10-5-4-8(6-9(10)12)19(16,17)13-2/h4-6,13-14H,3,7,12H2,1-2H3. The Balaban J connectivity index is 2.81. The first-order valence-electron chi connectivity index (χ1n) is 5.63. The predicted octanol–water partition coefficient (Wildman–Crippen LogP) is 0.152. The number of nitrogen functional groups attached to an aromatic ring is 1. The number of rotatable bonds is 6. The summed E-state index contributed by atoms with van der Waals surface area (Å²) < 4.78 is 30.1. The Morgan fingerprint density at radius 2 is 2.11 bits per heavy atom. The van der Waals surface area contributed by atoms with Crippen molar-refractivity contribution in [1.82, 2.24) is 4.72 Å². The van der Waals surface area contributed by atoms with Gasteiger partial charge in [0.05, 0.1) is 22.9 Å². The molecule has 0 aromatic heterocycles. The third kappa shape index (κ3) is 4.11. The van der Waals surface area contributed by atoms with Gasteiger partial charge in [-0.15, -0.1) is 0 Å². The van der Waals surface area contributed by atoms with Gasteiger partial charge in [0.1, 0.15) is 6.54 Å². The van der Waals surface area contributed by atoms with E-state index in [4.69, 9.17) is 10.5 Å². The van der Waals surface area contributed by atoms with E-state index in [1.165, 1.54) is 25.2 Å². The zero-order chi connectivity index (χ0) is 14.5. The van der Waals surface area contributed by atoms with Gasteiger partial charge in [0.15, 0.2) is 0 Å². The van der Waals surface area contributed by atoms with E-state index in [0.29, 0.717) is 12.3 Å². The normalized spacial score (nSPS) is 11.1. The van der Waals surface area contributed by atoms with E-state index >= 15 is 0 Å². The number of anilines is 2. The summed E-state index contributed by atoms with van der Waals surface area (Å²) in [5.41, 5.74) is 6.44. The molecule has 0 fully saturated rings. The SMILES string of the molecule is CCOC(=O)CNc1ccc(S(=O)(=O)NC)cc1N. The molecule has 0 aliphatic rings. The molecule has 0 saturated heterocycles. The van der Waals surface area contributed by atoms with E-state index in [2.05, 4.69) is 10.0 Å². The first kappa shape index (κ1) is 15.3. The van der Waals surface area contributed by atoms with Crippen molar-refractivity contribution in [2.24, 2.45) is 0 Å². The monoisotopic (exact) mass is 287 g/mol. The minimum atomic E-state index is -3.53. The summed E-state index contributed by atoms with van der Waals surface area (Å²) in [4.78, 5) is 11.2. The molecule has 1 rings (SSSR count). The van der Waals surface area contributed by atoms with Gasteiger partial charge < -0.3 is 15.8 Å². The lowest BCUT2D eigenvalue weighted by Gasteiger charge is -2.10. The van der Waals surface area contributed by atoms with Crippen LogP contribution in [0, 0.1) is 0 Å². The molecule has 106 valence electrons. The number of carbonyl (C=O) groups excluding carboxylic acids is 1. The number of carbonyl (C=O) groups is 1. The molecule has 0 spiro atoms. The highest BCUT2D eigenvalue weighted by atomic mass is 32.2. The topological polar surface area (TPSA) is 111 Å². The third-order valence-electron chi connectivity index (χ3n) is 2.33. The maximum Gasteiger partial charge on any atom is 0.325 e. The molecule has 7 nitrogen and oxygen atoms in total. The first-order valence-corrected chi connectivity index (χ1v) is 7.11. The lowest BCUT2D eigenvalue weighted by molar-refractivity contribution is -0.140. The lowest BCUT2D eigenvalue weighted by atomic mass is 10.2. The molecule has 0 amide bonds. The van der Waals surface area contributed by atoms with Crippen molar-refractivity contribution in [2.45, 2.75) is 11.8 Å². The van der Waals surface area contributed by atoms with Crippen molar-refractivity contribution in [3.63, 3.8) is 0 Å². The van der Waals surface area contributed by atoms with E-state index < -0.39 is 16.0 Å². The average molecular weight is 287 g/mol. The van der Waals surface area contributed by atoms with Gasteiger partial charge >= 0.3 is 5.97 Å². The molecule has 0 radical (unpaired) electrons. The number of esters is 1. The molecular weight excluding hydrogens is 270 g/mol. The largest absolute Gasteiger partial charge is 0.465 e. The summed E-state index contributed by atoms with van der Waals surface area (Å²) in [5, 5.41) is 2.78. The first-order chi connectivity index (χ1) is 8.90. The summed E-state index contributed by atoms with van der Waals surface area (Å²) in [6, 6.07) is 4.22. The minimum absolute atomic E-state index is 0.0316. The van der Waals surface area contributed by atoms with Gasteiger partial charge in [-0.2, -0.15) is 0 Å². The van der Waals surface area contributed by atoms with Gasteiger partial charge in [0.2, 0.25) is 10.0 Å². The molecule has 4 N–H and O–H groups in total. The Morgan fingerprint density at radius 3 is 2.63 bits per heavy atom. The molecule has 0 bridgehead atoms. The number of ether oxygens (including phenoxy) is 1. The van der Waals surface area contributed by atoms with Crippen LogP contribution >= 0.6 is 0 Å². The maximum absolute atomic E-state index is 11.6. The van der Waals surface area contributed by atoms with Crippen LogP contribution in [0.5, 0.6) is 0 Å². The molecule has 8 heteroatoms. The summed E-state index contributed by atoms with van der Waals surface area (Å²) in [7, 11) is -2.21. The molecular formula is C11H17N3O4S. The number of nitrogens with two attached hydrogens (primary N) is 1. The zero-order valence-corrected chi connectivity index (χ0v) is 11.6. The smallest absolute Gasteiger partial charge is 0.325 e. The number of nitrogens with one attached hydrogen (secondary N) is 2. The fraction of sp³-hybridized carbons (Fsp3) is 0.364. The fourth-order valence-electron chi connectivity index (χ4n) is 1.37. The highest BCUT2D eigenvalue weighted by molar-refractivity contribution is 7.89. The van der Waals surface area contributed by atoms with Crippen molar-refractivity contribution in [3.8, 4) is 0 Å². The molecule has 0 aliphatic heterocycles. The molecule has 19 heavy (non-hydrogen) atoms. The third-order valence-corrected chi connectivity index (χ3v) is 3.74. The van der Waals surface area contributed by atoms with E-state index in [9.17, 15) is 13.2 Å². The number of sulfonamides is 1. The summed E-state index contributed by atoms with van der Waals surface area (Å²) in [6.07, 6.45) is 0. The van der Waals surface area contributed by atoms with E-state index in [-0.39, 0.29) is 17.1 Å². The fourth-order valence-corrected chi connectivity index (χ4v) is 2.13. The van der Waals surface area contributed by atoms with Gasteiger partial charge in [-0.05, 0) is 32.2 Å². The second-order valence-corrected chi connectivity index (χ2v) is 5.50. The second kappa shape index (κ2) is 6.39. The number of hydrogen-bond acceptors (Lipinski definition) is 6. The van der Waals surface area contributed by atoms with Gasteiger partial charge in [0.25, 0.3) is 0 Å². The molecule has 0 aliphatic carbocycles. The Kier molecular flexibility index (Phi) is 5.13. The van der Waals surface area contributed by atoms with Crippen molar-refractivity contribution in [3.05, 3.63) is 18.2 Å². The lowest BCUT2D eigenvalue weighted by Crippen LogP contribution is -2.20. The van der Waals surface area contributed by atoms with Crippen molar-refractivity contribution < 1.29 is 17.9 Å². The van der Waals surface area contributed by atoms with Crippen LogP contribution in [0.1, 0.15) is 6.92 Å². The van der Waals surface area contributed by atoms with Crippen LogP contribution < -0.4 is 15.8 Å². The van der Waals surface area contributed by atoms with Crippen LogP contribution in [0.25, 0.3) is 0 Å². The van der Waals surface area contributed by atoms with Gasteiger partial charge in [0, 0.05) is 0 Å². The zero-order valence-electron chi connectivity index (χ0n) is 10.8. The Labute approximate surface area is 112 Å². The number of hydrogen-bond donors (Lipinski definition) is 3. The molecule has 0 saturated carbocycles. The highest BCUT2D eigenvalue weighted by Gasteiger charge is 2.13. The van der Waals surface area contributed by atoms with Crippen LogP contribution in [0.3, 0.4) is 0 Å². The van der Waals surface area contributed by atoms with Crippen LogP contribution in [0.15, 0.2) is 23.1 Å². The highest BCUT2D eigenvalue weighted by Crippen LogP contribution is 2.22. The van der Waals surface area contributed by atoms with Gasteiger partial charge in [-0.1, -0.05) is 0 Å². The molecule has 0 heterocycles. The van der Waals surface area contributed by atoms with Gasteiger partial charge in [-0.3, -0.25) is 4.79 Å². The predicted molar refractivity (Wildman–Crippen MR) is 72.2 cm³/mol. The summed E-state index contributed by atoms with van der Waals surface area (Å²) in [5.74, 6) is -0.408. The van der Waals surface area contributed by atoms with E-state index in [1.54, 1.807) is 6.92 Å². The number of benzene rings is 1. The summed E-state index contributed by atoms with van der Waals surface area (Å²) >= 11 is 0. The maximum atomic E-state index is 11.6. The Morgan fingerprint density at radius 1 is 1.42 bits per heavy atom. The van der Waals surface area contributed by atoms with E-state index in [1.807, 2.05) is 0 Å². The van der Waals surface area contributed by atoms with Crippen LogP contribution in [-0.2, 0) is 19.6 Å². The van der Waals surface area contributed by atoms with Crippen LogP contribution in [0.4, 0.5) is 11.4 Å². The van der Waals surface area contributed by atoms with Crippen LogP contribution in [0.2, 0.25) is 0 Å². The molecule has 1 aromatic rings. The van der Waals surface area contributed by atoms with Crippen LogP contribution in [-0.4, -0.2) is 34.6 Å². The molecule has 1 aromatic carbocycles. The average Bonchev–Trinajstić information content (AvgIpc) is 2.37. The van der Waals surface area contributed by atoms with Crippen molar-refractivity contribution in [2.75, 3.05) is 31.2 Å². The van der Waals surface area contributed by atoms with E-state index in [0.717, 1.165) is 0 Å². The minimum Gasteiger partial charge on any atom is -0.465 e. The second-order valence-electron chi connectivity index (χ2n) is 3.62. The van der Waals surface area contributed by atoms with Crippen molar-refractivity contribution >= 4 is 27.4 Å². The Bertz CT molecular complexity index is 557. The summed E-state index contributed by atoms with van der Waals surface area (Å²) in [6.45, 7) is 1.98.